The summed E-state index contributed by atoms with van der Waals surface area (Å²) in [5.74, 6) is 0. The van der Waals surface area contributed by atoms with E-state index in [0.717, 1.165) is 0 Å². The number of hydrogen-bond acceptors (Lipinski definition) is 0. The number of aryl methyl sites for hydroxylation is 1. The number of benzene rings is 8. The Morgan fingerprint density at radius 1 is 0.517 bits per heavy atom. The summed E-state index contributed by atoms with van der Waals surface area (Å²) in [5, 5.41) is 5.09. The van der Waals surface area contributed by atoms with Crippen molar-refractivity contribution in [1.82, 2.24) is 0 Å². The molecule has 1 aliphatic carbocycles. The van der Waals surface area contributed by atoms with Crippen molar-refractivity contribution in [3.05, 3.63) is 192 Å². The first-order chi connectivity index (χ1) is 28.2. The zero-order valence-corrected chi connectivity index (χ0v) is 35.2. The van der Waals surface area contributed by atoms with Crippen LogP contribution in [0.15, 0.2) is 158 Å². The molecule has 0 atom stereocenters. The Morgan fingerprint density at radius 3 is 1.67 bits per heavy atom. The first kappa shape index (κ1) is 38.6. The van der Waals surface area contributed by atoms with Gasteiger partial charge in [-0.15, -0.1) is 0 Å². The normalized spacial score (nSPS) is 12.7. The van der Waals surface area contributed by atoms with E-state index in [1.165, 1.54) is 123 Å². The van der Waals surface area contributed by atoms with Crippen LogP contribution in [0.5, 0.6) is 0 Å². The van der Waals surface area contributed by atoms with Gasteiger partial charge in [0.1, 0.15) is 0 Å². The molecule has 0 radical (unpaired) electrons. The third-order valence-corrected chi connectivity index (χ3v) is 12.4. The van der Waals surface area contributed by atoms with Gasteiger partial charge in [0.05, 0.1) is 0 Å². The Balaban J connectivity index is 0.00000112. The lowest BCUT2D eigenvalue weighted by molar-refractivity contribution is 0.659. The lowest BCUT2D eigenvalue weighted by Crippen LogP contribution is -2.17. The highest BCUT2D eigenvalue weighted by molar-refractivity contribution is 6.21. The minimum Gasteiger partial charge on any atom is -0.0984 e. The van der Waals surface area contributed by atoms with Crippen molar-refractivity contribution < 1.29 is 0 Å². The van der Waals surface area contributed by atoms with Crippen LogP contribution in [0.2, 0.25) is 0 Å². The van der Waals surface area contributed by atoms with Crippen LogP contribution in [0.25, 0.3) is 89.3 Å². The molecule has 0 heterocycles. The van der Waals surface area contributed by atoms with Crippen molar-refractivity contribution in [3.8, 4) is 55.6 Å². The van der Waals surface area contributed by atoms with Gasteiger partial charge in [0, 0.05) is 5.41 Å². The van der Waals surface area contributed by atoms with Crippen LogP contribution in [-0.2, 0) is 5.41 Å². The lowest BCUT2D eigenvalue weighted by atomic mass is 9.79. The number of allylic oxidation sites excluding steroid dienone is 1. The van der Waals surface area contributed by atoms with E-state index in [1.807, 2.05) is 6.08 Å². The Hall–Kier alpha value is -6.24. The maximum Gasteiger partial charge on any atom is 0.0165 e. The fourth-order valence-corrected chi connectivity index (χ4v) is 9.34. The SMILES string of the molecule is C=Cc1c(/C=C\C)ccc2c1C(C)(C)c1ccc(-c3ccc(-c4c5ccccc5c(-c5cccc(-c6ccccc6C)c5C)c5ccccc45)cc3)cc1-2.CCCC. The number of hydrogen-bond donors (Lipinski definition) is 0. The van der Waals surface area contributed by atoms with Crippen molar-refractivity contribution in [3.63, 3.8) is 0 Å². The third-order valence-electron chi connectivity index (χ3n) is 12.4. The summed E-state index contributed by atoms with van der Waals surface area (Å²) < 4.78 is 0. The number of unbranched alkanes of at least 4 members (excludes halogenated alkanes) is 1. The van der Waals surface area contributed by atoms with Gasteiger partial charge in [0.25, 0.3) is 0 Å². The molecular formula is C58H54. The smallest absolute Gasteiger partial charge is 0.0165 e. The second-order valence-corrected chi connectivity index (χ2v) is 16.3. The van der Waals surface area contributed by atoms with Crippen LogP contribution in [0.4, 0.5) is 0 Å². The second kappa shape index (κ2) is 16.0. The molecule has 9 rings (SSSR count). The summed E-state index contributed by atoms with van der Waals surface area (Å²) in [6.45, 7) is 19.8. The van der Waals surface area contributed by atoms with Crippen molar-refractivity contribution in [2.24, 2.45) is 0 Å². The van der Waals surface area contributed by atoms with Gasteiger partial charge in [0.15, 0.2) is 0 Å². The standard InChI is InChI=1S/C54H44.C4H10/c1-7-16-37-29-31-48-49-33-39(30-32-50(49)54(5,6)53(48)40(37)8-2)36-25-27-38(28-26-36)51-44-19-11-13-21-46(44)52(47-22-14-12-20-45(47)51)43-24-15-23-42(35(43)4)41-18-10-9-17-34(41)3;1-3-4-2/h7-33H,2H2,1,3-6H3;3-4H2,1-2H3/b16-7-;. The summed E-state index contributed by atoms with van der Waals surface area (Å²) in [6, 6.07) is 54.2. The average molecular weight is 751 g/mol. The second-order valence-electron chi connectivity index (χ2n) is 16.3. The van der Waals surface area contributed by atoms with Gasteiger partial charge in [-0.3, -0.25) is 0 Å². The summed E-state index contributed by atoms with van der Waals surface area (Å²) in [5.41, 5.74) is 20.4. The zero-order chi connectivity index (χ0) is 40.6. The van der Waals surface area contributed by atoms with Crippen molar-refractivity contribution in [2.45, 2.75) is 66.7 Å². The molecule has 0 saturated heterocycles. The molecule has 0 amide bonds. The van der Waals surface area contributed by atoms with E-state index in [4.69, 9.17) is 0 Å². The van der Waals surface area contributed by atoms with Gasteiger partial charge >= 0.3 is 0 Å². The molecule has 0 unspecified atom stereocenters. The van der Waals surface area contributed by atoms with Crippen molar-refractivity contribution in [2.75, 3.05) is 0 Å². The van der Waals surface area contributed by atoms with Crippen LogP contribution >= 0.6 is 0 Å². The van der Waals surface area contributed by atoms with Gasteiger partial charge < -0.3 is 0 Å². The molecule has 0 nitrogen and oxygen atoms in total. The van der Waals surface area contributed by atoms with Crippen LogP contribution in [-0.4, -0.2) is 0 Å². The van der Waals surface area contributed by atoms with Gasteiger partial charge in [-0.25, -0.2) is 0 Å². The van der Waals surface area contributed by atoms with Crippen LogP contribution in [0.3, 0.4) is 0 Å². The maximum atomic E-state index is 4.22. The topological polar surface area (TPSA) is 0 Å². The largest absolute Gasteiger partial charge is 0.0984 e. The van der Waals surface area contributed by atoms with Gasteiger partial charge in [0.2, 0.25) is 0 Å². The van der Waals surface area contributed by atoms with E-state index in [-0.39, 0.29) is 5.41 Å². The minimum absolute atomic E-state index is 0.108. The van der Waals surface area contributed by atoms with Gasteiger partial charge in [-0.2, -0.15) is 0 Å². The molecule has 0 saturated carbocycles. The number of fused-ring (bicyclic) bond motifs is 5. The first-order valence-electron chi connectivity index (χ1n) is 21.0. The summed E-state index contributed by atoms with van der Waals surface area (Å²) in [4.78, 5) is 0. The van der Waals surface area contributed by atoms with E-state index in [0.29, 0.717) is 0 Å². The molecule has 0 N–H and O–H groups in total. The highest BCUT2D eigenvalue weighted by Gasteiger charge is 2.37. The van der Waals surface area contributed by atoms with Crippen molar-refractivity contribution >= 4 is 33.7 Å². The Labute approximate surface area is 346 Å². The Kier molecular flexibility index (Phi) is 10.6. The molecule has 8 aromatic rings. The highest BCUT2D eigenvalue weighted by Crippen LogP contribution is 2.52. The highest BCUT2D eigenvalue weighted by atomic mass is 14.4. The Bertz CT molecular complexity index is 2800. The molecule has 0 fully saturated rings. The van der Waals surface area contributed by atoms with E-state index < -0.39 is 0 Å². The number of rotatable bonds is 7. The predicted octanol–water partition coefficient (Wildman–Crippen LogP) is 17.1. The van der Waals surface area contributed by atoms with E-state index in [9.17, 15) is 0 Å². The maximum absolute atomic E-state index is 4.22. The molecule has 8 aromatic carbocycles. The van der Waals surface area contributed by atoms with Crippen LogP contribution in [0.1, 0.15) is 80.8 Å². The molecular weight excluding hydrogens is 697 g/mol. The average Bonchev–Trinajstić information content (AvgIpc) is 3.48. The molecule has 286 valence electrons. The summed E-state index contributed by atoms with van der Waals surface area (Å²) in [7, 11) is 0. The molecule has 0 aliphatic heterocycles. The molecule has 0 aromatic heterocycles. The van der Waals surface area contributed by atoms with Crippen molar-refractivity contribution in [1.29, 1.82) is 0 Å². The fraction of sp³-hybridized carbons (Fsp3) is 0.172. The third kappa shape index (κ3) is 6.51. The monoisotopic (exact) mass is 750 g/mol. The van der Waals surface area contributed by atoms with E-state index in [1.54, 1.807) is 0 Å². The predicted molar refractivity (Wildman–Crippen MR) is 256 cm³/mol. The molecule has 0 spiro atoms. The van der Waals surface area contributed by atoms with E-state index in [2.05, 4.69) is 213 Å². The van der Waals surface area contributed by atoms with Crippen LogP contribution in [0, 0.1) is 13.8 Å². The molecule has 58 heavy (non-hydrogen) atoms. The summed E-state index contributed by atoms with van der Waals surface area (Å²) in [6.07, 6.45) is 8.97. The molecule has 0 bridgehead atoms. The quantitative estimate of drug-likeness (QED) is 0.142. The van der Waals surface area contributed by atoms with E-state index >= 15 is 0 Å². The zero-order valence-electron chi connectivity index (χ0n) is 35.2. The minimum atomic E-state index is -0.108. The van der Waals surface area contributed by atoms with Gasteiger partial charge in [-0.1, -0.05) is 205 Å². The first-order valence-corrected chi connectivity index (χ1v) is 21.0. The summed E-state index contributed by atoms with van der Waals surface area (Å²) >= 11 is 0. The molecule has 1 aliphatic rings. The Morgan fingerprint density at radius 2 is 1.07 bits per heavy atom. The van der Waals surface area contributed by atoms with Gasteiger partial charge in [-0.05, 0) is 137 Å². The fourth-order valence-electron chi connectivity index (χ4n) is 9.34. The molecule has 0 heteroatoms. The lowest BCUT2D eigenvalue weighted by Gasteiger charge is -2.24. The van der Waals surface area contributed by atoms with Crippen LogP contribution < -0.4 is 0 Å².